The SMILES string of the molecule is c1ccc(N2CCN(c3nc(-c4cccs4)nc4ccccc34)CC2)[nH+]c1. The molecule has 5 nitrogen and oxygen atoms in total. The number of anilines is 2. The van der Waals surface area contributed by atoms with Crippen LogP contribution in [0, 0.1) is 0 Å². The van der Waals surface area contributed by atoms with Gasteiger partial charge in [-0.1, -0.05) is 24.3 Å². The van der Waals surface area contributed by atoms with Gasteiger partial charge in [-0.15, -0.1) is 11.3 Å². The van der Waals surface area contributed by atoms with Crippen LogP contribution in [-0.4, -0.2) is 36.1 Å². The second-order valence-corrected chi connectivity index (χ2v) is 7.53. The van der Waals surface area contributed by atoms with Gasteiger partial charge in [-0.25, -0.2) is 15.0 Å². The Bertz CT molecular complexity index is 1040. The van der Waals surface area contributed by atoms with Crippen LogP contribution in [0.5, 0.6) is 0 Å². The van der Waals surface area contributed by atoms with Gasteiger partial charge in [0.15, 0.2) is 5.82 Å². The Balaban J connectivity index is 1.48. The van der Waals surface area contributed by atoms with Crippen molar-refractivity contribution in [1.82, 2.24) is 9.97 Å². The summed E-state index contributed by atoms with van der Waals surface area (Å²) in [5.41, 5.74) is 1.00. The number of nitrogens with one attached hydrogen (secondary N) is 1. The molecule has 0 aliphatic carbocycles. The second kappa shape index (κ2) is 6.96. The maximum Gasteiger partial charge on any atom is 0.274 e. The lowest BCUT2D eigenvalue weighted by molar-refractivity contribution is -0.364. The molecule has 1 N–H and O–H groups in total. The predicted molar refractivity (Wildman–Crippen MR) is 110 cm³/mol. The van der Waals surface area contributed by atoms with E-state index in [1.54, 1.807) is 11.3 Å². The lowest BCUT2D eigenvalue weighted by Gasteiger charge is -2.32. The molecular formula is C21H20N5S+. The van der Waals surface area contributed by atoms with Gasteiger partial charge in [0.1, 0.15) is 18.9 Å². The maximum atomic E-state index is 4.96. The highest BCUT2D eigenvalue weighted by molar-refractivity contribution is 7.13. The molecule has 0 amide bonds. The Morgan fingerprint density at radius 3 is 2.41 bits per heavy atom. The summed E-state index contributed by atoms with van der Waals surface area (Å²) in [4.78, 5) is 19.0. The standard InChI is InChI=1S/C21H19N5S/c1-2-7-17-16(6-1)21(24-20(23-17)18-8-5-15-27-18)26-13-11-25(12-14-26)19-9-3-4-10-22-19/h1-10,15H,11-14H2/p+1. The van der Waals surface area contributed by atoms with Gasteiger partial charge < -0.3 is 4.90 Å². The summed E-state index contributed by atoms with van der Waals surface area (Å²) >= 11 is 1.68. The smallest absolute Gasteiger partial charge is 0.274 e. The number of H-pyrrole nitrogens is 1. The first-order valence-corrected chi connectivity index (χ1v) is 10.0. The van der Waals surface area contributed by atoms with Crippen molar-refractivity contribution in [2.75, 3.05) is 36.0 Å². The molecule has 0 bridgehead atoms. The van der Waals surface area contributed by atoms with Crippen LogP contribution in [0.15, 0.2) is 66.2 Å². The third-order valence-corrected chi connectivity index (χ3v) is 5.80. The Kier molecular flexibility index (Phi) is 4.18. The molecule has 0 unspecified atom stereocenters. The molecule has 27 heavy (non-hydrogen) atoms. The number of benzene rings is 1. The number of aromatic nitrogens is 3. The van der Waals surface area contributed by atoms with Gasteiger partial charge in [-0.2, -0.15) is 0 Å². The van der Waals surface area contributed by atoms with E-state index in [-0.39, 0.29) is 0 Å². The van der Waals surface area contributed by atoms with Crippen LogP contribution in [0.2, 0.25) is 0 Å². The van der Waals surface area contributed by atoms with Crippen molar-refractivity contribution in [1.29, 1.82) is 0 Å². The van der Waals surface area contributed by atoms with Crippen molar-refractivity contribution < 1.29 is 4.98 Å². The summed E-state index contributed by atoms with van der Waals surface area (Å²) in [6.45, 7) is 3.81. The first-order chi connectivity index (χ1) is 13.4. The van der Waals surface area contributed by atoms with Crippen LogP contribution in [0.3, 0.4) is 0 Å². The van der Waals surface area contributed by atoms with Gasteiger partial charge in [0.2, 0.25) is 0 Å². The average molecular weight is 374 g/mol. The van der Waals surface area contributed by atoms with E-state index >= 15 is 0 Å². The number of rotatable bonds is 3. The molecule has 4 heterocycles. The molecule has 0 spiro atoms. The summed E-state index contributed by atoms with van der Waals surface area (Å²) < 4.78 is 0. The van der Waals surface area contributed by atoms with Crippen molar-refractivity contribution in [2.24, 2.45) is 0 Å². The highest BCUT2D eigenvalue weighted by Gasteiger charge is 2.25. The fourth-order valence-electron chi connectivity index (χ4n) is 3.56. The summed E-state index contributed by atoms with van der Waals surface area (Å²) in [5, 5.41) is 3.19. The maximum absolute atomic E-state index is 4.96. The van der Waals surface area contributed by atoms with E-state index in [1.165, 1.54) is 5.82 Å². The number of hydrogen-bond donors (Lipinski definition) is 0. The first-order valence-electron chi connectivity index (χ1n) is 9.16. The minimum atomic E-state index is 0.817. The third-order valence-electron chi connectivity index (χ3n) is 4.94. The van der Waals surface area contributed by atoms with E-state index in [4.69, 9.17) is 9.97 Å². The van der Waals surface area contributed by atoms with Crippen molar-refractivity contribution >= 4 is 33.9 Å². The number of fused-ring (bicyclic) bond motifs is 1. The number of aromatic amines is 1. The highest BCUT2D eigenvalue weighted by Crippen LogP contribution is 2.30. The lowest BCUT2D eigenvalue weighted by atomic mass is 10.2. The van der Waals surface area contributed by atoms with E-state index in [0.717, 1.165) is 53.6 Å². The minimum Gasteiger partial charge on any atom is -0.348 e. The topological polar surface area (TPSA) is 46.4 Å². The van der Waals surface area contributed by atoms with Crippen LogP contribution in [0.1, 0.15) is 0 Å². The van der Waals surface area contributed by atoms with Crippen molar-refractivity contribution in [2.45, 2.75) is 0 Å². The fourth-order valence-corrected chi connectivity index (χ4v) is 4.21. The molecule has 1 aliphatic rings. The van der Waals surface area contributed by atoms with Crippen LogP contribution < -0.4 is 14.8 Å². The molecule has 0 saturated carbocycles. The van der Waals surface area contributed by atoms with Gasteiger partial charge in [0.25, 0.3) is 5.82 Å². The molecule has 5 rings (SSSR count). The van der Waals surface area contributed by atoms with E-state index < -0.39 is 0 Å². The Morgan fingerprint density at radius 1 is 0.815 bits per heavy atom. The predicted octanol–water partition coefficient (Wildman–Crippen LogP) is 3.50. The zero-order chi connectivity index (χ0) is 18.1. The van der Waals surface area contributed by atoms with E-state index in [9.17, 15) is 0 Å². The van der Waals surface area contributed by atoms with Gasteiger partial charge >= 0.3 is 0 Å². The molecule has 1 aromatic carbocycles. The Labute approximate surface area is 162 Å². The normalized spacial score (nSPS) is 14.7. The van der Waals surface area contributed by atoms with E-state index in [1.807, 2.05) is 24.4 Å². The monoisotopic (exact) mass is 374 g/mol. The van der Waals surface area contributed by atoms with Crippen molar-refractivity contribution in [3.05, 3.63) is 66.2 Å². The number of nitrogens with zero attached hydrogens (tertiary/aromatic N) is 4. The number of piperazine rings is 1. The number of para-hydroxylation sites is 1. The molecule has 1 fully saturated rings. The van der Waals surface area contributed by atoms with Crippen molar-refractivity contribution in [3.8, 4) is 10.7 Å². The van der Waals surface area contributed by atoms with E-state index in [0.29, 0.717) is 0 Å². The van der Waals surface area contributed by atoms with Gasteiger partial charge in [0, 0.05) is 11.5 Å². The summed E-state index contributed by atoms with van der Waals surface area (Å²) in [6.07, 6.45) is 1.98. The third kappa shape index (κ3) is 3.13. The van der Waals surface area contributed by atoms with Crippen LogP contribution >= 0.6 is 11.3 Å². The summed E-state index contributed by atoms with van der Waals surface area (Å²) in [5.74, 6) is 3.03. The molecule has 1 aliphatic heterocycles. The van der Waals surface area contributed by atoms with Gasteiger partial charge in [-0.3, -0.25) is 4.90 Å². The van der Waals surface area contributed by atoms with Crippen LogP contribution in [-0.2, 0) is 0 Å². The Hall–Kier alpha value is -2.99. The molecular weight excluding hydrogens is 354 g/mol. The number of pyridine rings is 1. The molecule has 6 heteroatoms. The molecule has 0 atom stereocenters. The Morgan fingerprint density at radius 2 is 1.63 bits per heavy atom. The minimum absolute atomic E-state index is 0.817. The molecule has 3 aromatic heterocycles. The molecule has 4 aromatic rings. The van der Waals surface area contributed by atoms with Gasteiger partial charge in [0.05, 0.1) is 29.7 Å². The number of hydrogen-bond acceptors (Lipinski definition) is 5. The molecule has 0 radical (unpaired) electrons. The van der Waals surface area contributed by atoms with Crippen molar-refractivity contribution in [3.63, 3.8) is 0 Å². The average Bonchev–Trinajstić information content (AvgIpc) is 3.29. The van der Waals surface area contributed by atoms with Crippen LogP contribution in [0.4, 0.5) is 11.6 Å². The zero-order valence-corrected chi connectivity index (χ0v) is 15.7. The molecule has 1 saturated heterocycles. The largest absolute Gasteiger partial charge is 0.348 e. The quantitative estimate of drug-likeness (QED) is 0.551. The zero-order valence-electron chi connectivity index (χ0n) is 14.9. The number of thiophene rings is 1. The molecule has 134 valence electrons. The lowest BCUT2D eigenvalue weighted by Crippen LogP contribution is -2.48. The fraction of sp³-hybridized carbons (Fsp3) is 0.190. The summed E-state index contributed by atoms with van der Waals surface area (Å²) in [7, 11) is 0. The highest BCUT2D eigenvalue weighted by atomic mass is 32.1. The van der Waals surface area contributed by atoms with E-state index in [2.05, 4.69) is 56.6 Å². The van der Waals surface area contributed by atoms with Crippen LogP contribution in [0.25, 0.3) is 21.6 Å². The first kappa shape index (κ1) is 16.2. The second-order valence-electron chi connectivity index (χ2n) is 6.59. The van der Waals surface area contributed by atoms with Gasteiger partial charge in [-0.05, 0) is 29.6 Å². The summed E-state index contributed by atoms with van der Waals surface area (Å²) in [6, 6.07) is 18.7.